The van der Waals surface area contributed by atoms with Crippen molar-refractivity contribution in [3.8, 4) is 0 Å². The Bertz CT molecular complexity index is 62.6. The summed E-state index contributed by atoms with van der Waals surface area (Å²) in [6.45, 7) is 0. The van der Waals surface area contributed by atoms with Crippen molar-refractivity contribution >= 4 is 18.0 Å². The number of thiol groups is 1. The van der Waals surface area contributed by atoms with Gasteiger partial charge >= 0.3 is 0 Å². The predicted molar refractivity (Wildman–Crippen MR) is 22.4 cm³/mol. The quantitative estimate of drug-likeness (QED) is 0.242. The van der Waals surface area contributed by atoms with E-state index in [0.29, 0.717) is 6.41 Å². The van der Waals surface area contributed by atoms with Crippen LogP contribution in [0.3, 0.4) is 0 Å². The highest BCUT2D eigenvalue weighted by atomic mass is 32.2. The van der Waals surface area contributed by atoms with Gasteiger partial charge in [-0.05, 0) is 0 Å². The molecule has 0 aromatic carbocycles. The second kappa shape index (κ2) is 1.46. The van der Waals surface area contributed by atoms with Crippen molar-refractivity contribution in [3.63, 3.8) is 0 Å². The number of carbonyl (C=O) groups excluding carboxylic acids is 1. The molecule has 6 heavy (non-hydrogen) atoms. The average Bonchev–Trinajstić information content (AvgIpc) is 2.21. The lowest BCUT2D eigenvalue weighted by atomic mass is 11.5. The van der Waals surface area contributed by atoms with E-state index in [1.165, 1.54) is 0 Å². The predicted octanol–water partition coefficient (Wildman–Crippen LogP) is -0.987. The molecule has 1 aliphatic heterocycles. The van der Waals surface area contributed by atoms with Gasteiger partial charge < -0.3 is 0 Å². The molecule has 1 atom stereocenters. The standard InChI is InChI=1S/CH4N2O2S/c4-1-2-6-3-5-6/h1,3,6H,(H,2,4). The number of hydrogen-bond donors (Lipinski definition) is 3. The number of amides is 1. The Kier molecular flexibility index (Phi) is 0.952. The van der Waals surface area contributed by atoms with Crippen LogP contribution in [-0.2, 0) is 9.08 Å². The Morgan fingerprint density at radius 2 is 2.67 bits per heavy atom. The molecule has 1 aliphatic rings. The van der Waals surface area contributed by atoms with Crippen molar-refractivity contribution in [2.75, 3.05) is 0 Å². The van der Waals surface area contributed by atoms with Gasteiger partial charge in [-0.2, -0.15) is 0 Å². The summed E-state index contributed by atoms with van der Waals surface area (Å²) >= 11 is -0.719. The van der Waals surface area contributed by atoms with Gasteiger partial charge in [0.2, 0.25) is 6.41 Å². The van der Waals surface area contributed by atoms with E-state index in [0.717, 1.165) is 0 Å². The lowest BCUT2D eigenvalue weighted by molar-refractivity contribution is -0.107. The van der Waals surface area contributed by atoms with Crippen LogP contribution in [0.4, 0.5) is 0 Å². The SMILES string of the molecule is O=CN[SH]1NO1. The largest absolute Gasteiger partial charge is 0.288 e. The maximum atomic E-state index is 9.44. The molecule has 0 spiro atoms. The molecule has 36 valence electrons. The first kappa shape index (κ1) is 3.91. The van der Waals surface area contributed by atoms with Crippen molar-refractivity contribution in [2.45, 2.75) is 0 Å². The number of hydrogen-bond acceptors (Lipinski definition) is 3. The van der Waals surface area contributed by atoms with Gasteiger partial charge in [-0.15, -0.1) is 4.89 Å². The van der Waals surface area contributed by atoms with E-state index in [4.69, 9.17) is 0 Å². The molecule has 2 N–H and O–H groups in total. The molecule has 1 rings (SSSR count). The lowest BCUT2D eigenvalue weighted by Gasteiger charge is -1.80. The summed E-state index contributed by atoms with van der Waals surface area (Å²) in [6.07, 6.45) is 0.603. The van der Waals surface area contributed by atoms with Crippen molar-refractivity contribution < 1.29 is 9.08 Å². The van der Waals surface area contributed by atoms with Crippen LogP contribution in [0.15, 0.2) is 0 Å². The number of nitrogens with one attached hydrogen (secondary N) is 2. The summed E-state index contributed by atoms with van der Waals surface area (Å²) in [6, 6.07) is 0. The molecule has 5 heteroatoms. The first-order chi connectivity index (χ1) is 2.93. The summed E-state index contributed by atoms with van der Waals surface area (Å²) in [5, 5.41) is 0. The minimum atomic E-state index is -0.719. The molecule has 1 amide bonds. The van der Waals surface area contributed by atoms with Gasteiger partial charge in [-0.25, -0.2) is 4.28 Å². The molecule has 0 bridgehead atoms. The Labute approximate surface area is 37.6 Å². The zero-order chi connectivity index (χ0) is 4.41. The van der Waals surface area contributed by atoms with E-state index in [-0.39, 0.29) is 0 Å². The highest BCUT2D eigenvalue weighted by Crippen LogP contribution is 2.27. The maximum absolute atomic E-state index is 9.44. The molecule has 4 nitrogen and oxygen atoms in total. The third kappa shape index (κ3) is 0.852. The van der Waals surface area contributed by atoms with Crippen molar-refractivity contribution in [1.29, 1.82) is 0 Å². The average molecular weight is 108 g/mol. The van der Waals surface area contributed by atoms with E-state index in [1.807, 2.05) is 0 Å². The monoisotopic (exact) mass is 108 g/mol. The molecule has 1 saturated heterocycles. The Morgan fingerprint density at radius 3 is 2.83 bits per heavy atom. The molecule has 0 aromatic rings. The second-order valence-electron chi connectivity index (χ2n) is 0.724. The second-order valence-corrected chi connectivity index (χ2v) is 1.94. The third-order valence-electron chi connectivity index (χ3n) is 0.353. The van der Waals surface area contributed by atoms with Gasteiger partial charge in [0, 0.05) is 11.5 Å². The summed E-state index contributed by atoms with van der Waals surface area (Å²) in [4.78, 5) is 11.9. The topological polar surface area (TPSA) is 63.6 Å². The van der Waals surface area contributed by atoms with Crippen molar-refractivity contribution in [3.05, 3.63) is 0 Å². The minimum absolute atomic E-state index is 0.603. The molecular weight excluding hydrogens is 104 g/mol. The van der Waals surface area contributed by atoms with Crippen LogP contribution in [0.25, 0.3) is 0 Å². The van der Waals surface area contributed by atoms with Gasteiger partial charge in [-0.3, -0.25) is 9.52 Å². The fraction of sp³-hybridized carbons (Fsp3) is 0. The lowest BCUT2D eigenvalue weighted by Crippen LogP contribution is -1.97. The van der Waals surface area contributed by atoms with Gasteiger partial charge in [0.05, 0.1) is 0 Å². The van der Waals surface area contributed by atoms with E-state index in [1.54, 1.807) is 0 Å². The van der Waals surface area contributed by atoms with Gasteiger partial charge in [0.15, 0.2) is 0 Å². The first-order valence-corrected chi connectivity index (χ1v) is 2.62. The molecule has 1 fully saturated rings. The van der Waals surface area contributed by atoms with Gasteiger partial charge in [0.1, 0.15) is 0 Å². The zero-order valence-corrected chi connectivity index (χ0v) is 3.74. The number of rotatable bonds is 2. The molecule has 0 aromatic heterocycles. The molecule has 0 aliphatic carbocycles. The van der Waals surface area contributed by atoms with Crippen LogP contribution >= 0.6 is 11.5 Å². The Morgan fingerprint density at radius 1 is 2.00 bits per heavy atom. The summed E-state index contributed by atoms with van der Waals surface area (Å²) in [5.74, 6) is 0. The summed E-state index contributed by atoms with van der Waals surface area (Å²) in [7, 11) is 0. The first-order valence-electron chi connectivity index (χ1n) is 1.36. The smallest absolute Gasteiger partial charge is 0.218 e. The van der Waals surface area contributed by atoms with E-state index in [2.05, 4.69) is 13.9 Å². The number of carbonyl (C=O) groups is 1. The minimum Gasteiger partial charge on any atom is -0.288 e. The van der Waals surface area contributed by atoms with Crippen LogP contribution in [0.2, 0.25) is 0 Å². The van der Waals surface area contributed by atoms with Crippen LogP contribution < -0.4 is 9.61 Å². The highest BCUT2D eigenvalue weighted by molar-refractivity contribution is 8.13. The molecule has 1 unspecified atom stereocenters. The van der Waals surface area contributed by atoms with Crippen LogP contribution in [-0.4, -0.2) is 6.41 Å². The van der Waals surface area contributed by atoms with Crippen LogP contribution in [0, 0.1) is 0 Å². The molecular formula is CH4N2O2S. The highest BCUT2D eigenvalue weighted by Gasteiger charge is 2.13. The molecule has 1 heterocycles. The van der Waals surface area contributed by atoms with Gasteiger partial charge in [-0.1, -0.05) is 0 Å². The normalized spacial score (nSPS) is 35.0. The van der Waals surface area contributed by atoms with E-state index in [9.17, 15) is 4.79 Å². The maximum Gasteiger partial charge on any atom is 0.218 e. The fourth-order valence-corrected chi connectivity index (χ4v) is 0.485. The fourth-order valence-electron chi connectivity index (χ4n) is 0.121. The van der Waals surface area contributed by atoms with E-state index >= 15 is 0 Å². The Hall–Kier alpha value is -0.260. The Balaban J connectivity index is 2.00. The molecule has 0 saturated carbocycles. The summed E-state index contributed by atoms with van der Waals surface area (Å²) in [5.41, 5.74) is 0. The zero-order valence-electron chi connectivity index (χ0n) is 2.84. The van der Waals surface area contributed by atoms with Crippen LogP contribution in [0.5, 0.6) is 0 Å². The van der Waals surface area contributed by atoms with Gasteiger partial charge in [0.25, 0.3) is 0 Å². The van der Waals surface area contributed by atoms with Crippen molar-refractivity contribution in [1.82, 2.24) is 9.61 Å². The molecule has 0 radical (unpaired) electrons. The van der Waals surface area contributed by atoms with Crippen LogP contribution in [0.1, 0.15) is 0 Å². The van der Waals surface area contributed by atoms with E-state index < -0.39 is 11.5 Å². The van der Waals surface area contributed by atoms with Crippen molar-refractivity contribution in [2.24, 2.45) is 0 Å². The third-order valence-corrected chi connectivity index (χ3v) is 1.06. The summed E-state index contributed by atoms with van der Waals surface area (Å²) < 4.78 is 6.79.